The Labute approximate surface area is 209 Å². The third-order valence-electron chi connectivity index (χ3n) is 6.78. The smallest absolute Gasteiger partial charge is 0.254 e. The molecule has 2 atom stereocenters. The maximum Gasteiger partial charge on any atom is 0.254 e. The van der Waals surface area contributed by atoms with Crippen molar-refractivity contribution < 1.29 is 14.3 Å². The van der Waals surface area contributed by atoms with E-state index in [1.165, 1.54) is 5.56 Å². The van der Waals surface area contributed by atoms with Gasteiger partial charge in [-0.1, -0.05) is 60.7 Å². The van der Waals surface area contributed by atoms with Crippen molar-refractivity contribution >= 4 is 5.91 Å². The summed E-state index contributed by atoms with van der Waals surface area (Å²) in [5, 5.41) is 3.55. The van der Waals surface area contributed by atoms with E-state index in [0.29, 0.717) is 35.5 Å². The van der Waals surface area contributed by atoms with Gasteiger partial charge in [-0.3, -0.25) is 4.79 Å². The number of nitrogens with zero attached hydrogens (tertiary/aromatic N) is 1. The van der Waals surface area contributed by atoms with Crippen LogP contribution in [0.2, 0.25) is 0 Å². The lowest BCUT2D eigenvalue weighted by atomic mass is 9.89. The first-order valence-corrected chi connectivity index (χ1v) is 12.5. The molecule has 5 heteroatoms. The summed E-state index contributed by atoms with van der Waals surface area (Å²) < 4.78 is 11.6. The zero-order chi connectivity index (χ0) is 24.6. The zero-order valence-electron chi connectivity index (χ0n) is 20.9. The van der Waals surface area contributed by atoms with Gasteiger partial charge in [0.2, 0.25) is 0 Å². The number of methoxy groups -OCH3 is 1. The molecule has 1 fully saturated rings. The molecule has 1 amide bonds. The lowest BCUT2D eigenvalue weighted by molar-refractivity contribution is 0.0661. The Hall–Kier alpha value is -3.31. The highest BCUT2D eigenvalue weighted by Crippen LogP contribution is 2.30. The van der Waals surface area contributed by atoms with Gasteiger partial charge in [0, 0.05) is 18.2 Å². The second-order valence-electron chi connectivity index (χ2n) is 9.56. The van der Waals surface area contributed by atoms with Crippen LogP contribution in [0.1, 0.15) is 35.3 Å². The molecule has 3 aromatic carbocycles. The third kappa shape index (κ3) is 6.43. The van der Waals surface area contributed by atoms with Gasteiger partial charge in [0.25, 0.3) is 5.91 Å². The highest BCUT2D eigenvalue weighted by Gasteiger charge is 2.31. The van der Waals surface area contributed by atoms with Gasteiger partial charge in [-0.05, 0) is 74.5 Å². The Balaban J connectivity index is 1.48. The normalized spacial score (nSPS) is 17.4. The summed E-state index contributed by atoms with van der Waals surface area (Å²) in [4.78, 5) is 15.7. The maximum atomic E-state index is 13.7. The molecule has 0 radical (unpaired) electrons. The van der Waals surface area contributed by atoms with Crippen LogP contribution in [0, 0.1) is 11.8 Å². The Morgan fingerprint density at radius 3 is 2.23 bits per heavy atom. The van der Waals surface area contributed by atoms with E-state index in [0.717, 1.165) is 31.6 Å². The molecule has 0 spiro atoms. The van der Waals surface area contributed by atoms with Crippen molar-refractivity contribution in [2.45, 2.75) is 32.9 Å². The molecule has 35 heavy (non-hydrogen) atoms. The monoisotopic (exact) mass is 472 g/mol. The molecule has 5 nitrogen and oxygen atoms in total. The van der Waals surface area contributed by atoms with E-state index in [9.17, 15) is 4.79 Å². The largest absolute Gasteiger partial charge is 0.493 e. The molecule has 0 unspecified atom stereocenters. The van der Waals surface area contributed by atoms with Crippen LogP contribution in [0.3, 0.4) is 0 Å². The standard InChI is InChI=1S/C30H36N2O3/c1-22(2)32(20-27-19-31-18-26(27)16-23-10-6-4-7-11-23)30(33)25-14-15-28(34-3)29(17-25)35-21-24-12-8-5-9-13-24/h4-15,17,22,26-27,31H,16,18-21H2,1-3H3/t26-,27-/m0/s1. The van der Waals surface area contributed by atoms with Gasteiger partial charge < -0.3 is 19.7 Å². The van der Waals surface area contributed by atoms with E-state index >= 15 is 0 Å². The molecule has 0 saturated carbocycles. The molecule has 0 aromatic heterocycles. The zero-order valence-corrected chi connectivity index (χ0v) is 20.9. The first-order chi connectivity index (χ1) is 17.0. The molecule has 1 aliphatic heterocycles. The average Bonchev–Trinajstić information content (AvgIpc) is 3.33. The Morgan fingerprint density at radius 1 is 0.914 bits per heavy atom. The topological polar surface area (TPSA) is 50.8 Å². The average molecular weight is 473 g/mol. The molecular weight excluding hydrogens is 436 g/mol. The Bertz CT molecular complexity index is 1090. The van der Waals surface area contributed by atoms with E-state index in [4.69, 9.17) is 9.47 Å². The lowest BCUT2D eigenvalue weighted by Gasteiger charge is -2.32. The predicted molar refractivity (Wildman–Crippen MR) is 140 cm³/mol. The summed E-state index contributed by atoms with van der Waals surface area (Å²) >= 11 is 0. The summed E-state index contributed by atoms with van der Waals surface area (Å²) in [6.07, 6.45) is 1.03. The molecule has 1 heterocycles. The van der Waals surface area contributed by atoms with Gasteiger partial charge >= 0.3 is 0 Å². The number of nitrogens with one attached hydrogen (secondary N) is 1. The highest BCUT2D eigenvalue weighted by atomic mass is 16.5. The first kappa shape index (κ1) is 24.8. The number of hydrogen-bond donors (Lipinski definition) is 1. The number of benzene rings is 3. The minimum Gasteiger partial charge on any atom is -0.493 e. The second kappa shape index (κ2) is 11.9. The van der Waals surface area contributed by atoms with Gasteiger partial charge in [-0.15, -0.1) is 0 Å². The van der Waals surface area contributed by atoms with Crippen LogP contribution in [0.5, 0.6) is 11.5 Å². The lowest BCUT2D eigenvalue weighted by Crippen LogP contribution is -2.42. The van der Waals surface area contributed by atoms with Crippen LogP contribution in [0.4, 0.5) is 0 Å². The number of rotatable bonds is 10. The fourth-order valence-electron chi connectivity index (χ4n) is 4.76. The Kier molecular flexibility index (Phi) is 8.43. The molecule has 184 valence electrons. The number of hydrogen-bond acceptors (Lipinski definition) is 4. The third-order valence-corrected chi connectivity index (χ3v) is 6.78. The summed E-state index contributed by atoms with van der Waals surface area (Å²) in [6, 6.07) is 26.2. The van der Waals surface area contributed by atoms with Gasteiger partial charge in [0.15, 0.2) is 11.5 Å². The molecule has 0 bridgehead atoms. The van der Waals surface area contributed by atoms with Crippen molar-refractivity contribution in [3.05, 3.63) is 95.6 Å². The van der Waals surface area contributed by atoms with Crippen LogP contribution in [-0.4, -0.2) is 43.6 Å². The van der Waals surface area contributed by atoms with Crippen molar-refractivity contribution in [1.29, 1.82) is 0 Å². The Morgan fingerprint density at radius 2 is 1.57 bits per heavy atom. The summed E-state index contributed by atoms with van der Waals surface area (Å²) in [7, 11) is 1.62. The van der Waals surface area contributed by atoms with Gasteiger partial charge in [-0.2, -0.15) is 0 Å². The molecule has 0 aliphatic carbocycles. The minimum absolute atomic E-state index is 0.0255. The summed E-state index contributed by atoms with van der Waals surface area (Å²) in [5.41, 5.74) is 3.03. The molecule has 1 aliphatic rings. The van der Waals surface area contributed by atoms with Crippen LogP contribution in [0.15, 0.2) is 78.9 Å². The first-order valence-electron chi connectivity index (χ1n) is 12.5. The maximum absolute atomic E-state index is 13.7. The SMILES string of the molecule is COc1ccc(C(=O)N(C[C@@H]2CNC[C@@H]2Cc2ccccc2)C(C)C)cc1OCc1ccccc1. The predicted octanol–water partition coefficient (Wildman–Crippen LogP) is 5.20. The van der Waals surface area contributed by atoms with Crippen LogP contribution in [0.25, 0.3) is 0 Å². The van der Waals surface area contributed by atoms with Crippen molar-refractivity contribution in [1.82, 2.24) is 10.2 Å². The second-order valence-corrected chi connectivity index (χ2v) is 9.56. The van der Waals surface area contributed by atoms with Crippen LogP contribution >= 0.6 is 0 Å². The molecule has 1 saturated heterocycles. The van der Waals surface area contributed by atoms with Crippen LogP contribution in [-0.2, 0) is 13.0 Å². The number of amides is 1. The fraction of sp³-hybridized carbons (Fsp3) is 0.367. The quantitative estimate of drug-likeness (QED) is 0.441. The van der Waals surface area contributed by atoms with Crippen LogP contribution < -0.4 is 14.8 Å². The van der Waals surface area contributed by atoms with E-state index in [1.54, 1.807) is 7.11 Å². The number of carbonyl (C=O) groups is 1. The number of ether oxygens (including phenoxy) is 2. The van der Waals surface area contributed by atoms with Gasteiger partial charge in [0.1, 0.15) is 6.61 Å². The molecule has 1 N–H and O–H groups in total. The van der Waals surface area contributed by atoms with Gasteiger partial charge in [-0.25, -0.2) is 0 Å². The van der Waals surface area contributed by atoms with E-state index in [1.807, 2.05) is 53.4 Å². The van der Waals surface area contributed by atoms with Gasteiger partial charge in [0.05, 0.1) is 7.11 Å². The van der Waals surface area contributed by atoms with Crippen molar-refractivity contribution in [2.75, 3.05) is 26.7 Å². The molecule has 4 rings (SSSR count). The molecule has 3 aromatic rings. The van der Waals surface area contributed by atoms with E-state index < -0.39 is 0 Å². The van der Waals surface area contributed by atoms with E-state index in [-0.39, 0.29) is 11.9 Å². The van der Waals surface area contributed by atoms with Crippen molar-refractivity contribution in [3.8, 4) is 11.5 Å². The fourth-order valence-corrected chi connectivity index (χ4v) is 4.76. The van der Waals surface area contributed by atoms with E-state index in [2.05, 4.69) is 49.5 Å². The molecular formula is C30H36N2O3. The van der Waals surface area contributed by atoms with Crippen molar-refractivity contribution in [2.24, 2.45) is 11.8 Å². The van der Waals surface area contributed by atoms with Crippen molar-refractivity contribution in [3.63, 3.8) is 0 Å². The summed E-state index contributed by atoms with van der Waals surface area (Å²) in [5.74, 6) is 2.14. The number of carbonyl (C=O) groups excluding carboxylic acids is 1. The minimum atomic E-state index is 0.0255. The highest BCUT2D eigenvalue weighted by molar-refractivity contribution is 5.95. The summed E-state index contributed by atoms with van der Waals surface area (Å²) in [6.45, 7) is 7.23.